The van der Waals surface area contributed by atoms with Crippen molar-refractivity contribution in [2.75, 3.05) is 0 Å². The second kappa shape index (κ2) is 5.43. The SMILES string of the molecule is Cc1cccnc1CNC(C)c1sccc1C. The molecule has 1 N–H and O–H groups in total. The Labute approximate surface area is 107 Å². The van der Waals surface area contributed by atoms with Gasteiger partial charge in [-0.3, -0.25) is 4.98 Å². The zero-order valence-corrected chi connectivity index (χ0v) is 11.3. The van der Waals surface area contributed by atoms with Gasteiger partial charge >= 0.3 is 0 Å². The summed E-state index contributed by atoms with van der Waals surface area (Å²) in [6.45, 7) is 7.30. The average molecular weight is 246 g/mol. The molecule has 2 heterocycles. The van der Waals surface area contributed by atoms with Crippen molar-refractivity contribution in [1.82, 2.24) is 10.3 Å². The molecule has 0 saturated heterocycles. The molecule has 0 bridgehead atoms. The first-order valence-electron chi connectivity index (χ1n) is 5.86. The third-order valence-electron chi connectivity index (χ3n) is 2.99. The number of pyridine rings is 1. The number of rotatable bonds is 4. The molecule has 0 amide bonds. The maximum absolute atomic E-state index is 4.39. The Morgan fingerprint density at radius 2 is 2.12 bits per heavy atom. The van der Waals surface area contributed by atoms with Gasteiger partial charge in [0, 0.05) is 23.7 Å². The Morgan fingerprint density at radius 3 is 2.76 bits per heavy atom. The van der Waals surface area contributed by atoms with Gasteiger partial charge in [0.2, 0.25) is 0 Å². The van der Waals surface area contributed by atoms with Crippen molar-refractivity contribution in [2.45, 2.75) is 33.4 Å². The van der Waals surface area contributed by atoms with Crippen molar-refractivity contribution in [1.29, 1.82) is 0 Å². The molecule has 2 rings (SSSR count). The number of hydrogen-bond donors (Lipinski definition) is 1. The predicted octanol–water partition coefficient (Wildman–Crippen LogP) is 3.61. The van der Waals surface area contributed by atoms with Gasteiger partial charge in [-0.25, -0.2) is 0 Å². The second-order valence-electron chi connectivity index (χ2n) is 4.34. The summed E-state index contributed by atoms with van der Waals surface area (Å²) >= 11 is 1.81. The summed E-state index contributed by atoms with van der Waals surface area (Å²) in [6, 6.07) is 6.64. The fourth-order valence-electron chi connectivity index (χ4n) is 1.87. The smallest absolute Gasteiger partial charge is 0.0570 e. The minimum Gasteiger partial charge on any atom is -0.304 e. The second-order valence-corrected chi connectivity index (χ2v) is 5.29. The molecular formula is C14H18N2S. The number of thiophene rings is 1. The van der Waals surface area contributed by atoms with Crippen molar-refractivity contribution in [3.63, 3.8) is 0 Å². The molecule has 0 aliphatic heterocycles. The van der Waals surface area contributed by atoms with Crippen LogP contribution in [0.15, 0.2) is 29.8 Å². The summed E-state index contributed by atoms with van der Waals surface area (Å²) in [5, 5.41) is 5.68. The Hall–Kier alpha value is -1.19. The third-order valence-corrected chi connectivity index (χ3v) is 4.19. The molecule has 2 aromatic rings. The van der Waals surface area contributed by atoms with Gasteiger partial charge in [0.25, 0.3) is 0 Å². The first kappa shape index (κ1) is 12.3. The maximum atomic E-state index is 4.39. The molecule has 90 valence electrons. The molecule has 0 spiro atoms. The van der Waals surface area contributed by atoms with Gasteiger partial charge in [-0.1, -0.05) is 6.07 Å². The Kier molecular flexibility index (Phi) is 3.92. The van der Waals surface area contributed by atoms with Gasteiger partial charge in [0.05, 0.1) is 5.69 Å². The van der Waals surface area contributed by atoms with Gasteiger partial charge < -0.3 is 5.32 Å². The first-order valence-corrected chi connectivity index (χ1v) is 6.74. The zero-order valence-electron chi connectivity index (χ0n) is 10.5. The van der Waals surface area contributed by atoms with Crippen LogP contribution in [0.2, 0.25) is 0 Å². The van der Waals surface area contributed by atoms with Crippen molar-refractivity contribution >= 4 is 11.3 Å². The molecule has 0 radical (unpaired) electrons. The van der Waals surface area contributed by atoms with Crippen LogP contribution in [0.25, 0.3) is 0 Å². The van der Waals surface area contributed by atoms with Gasteiger partial charge in [-0.15, -0.1) is 11.3 Å². The number of nitrogens with zero attached hydrogens (tertiary/aromatic N) is 1. The third kappa shape index (κ3) is 2.93. The number of aromatic nitrogens is 1. The normalized spacial score (nSPS) is 12.6. The topological polar surface area (TPSA) is 24.9 Å². The van der Waals surface area contributed by atoms with Crippen LogP contribution >= 0.6 is 11.3 Å². The highest BCUT2D eigenvalue weighted by Gasteiger charge is 2.09. The van der Waals surface area contributed by atoms with Crippen LogP contribution in [0.5, 0.6) is 0 Å². The van der Waals surface area contributed by atoms with Crippen molar-refractivity contribution in [3.8, 4) is 0 Å². The van der Waals surface area contributed by atoms with Crippen LogP contribution < -0.4 is 5.32 Å². The summed E-state index contributed by atoms with van der Waals surface area (Å²) in [5.74, 6) is 0. The van der Waals surface area contributed by atoms with Crippen molar-refractivity contribution in [3.05, 3.63) is 51.5 Å². The van der Waals surface area contributed by atoms with E-state index in [0.29, 0.717) is 6.04 Å². The molecule has 0 aromatic carbocycles. The molecule has 0 aliphatic rings. The van der Waals surface area contributed by atoms with E-state index in [1.807, 2.05) is 23.6 Å². The molecule has 0 saturated carbocycles. The zero-order chi connectivity index (χ0) is 12.3. The molecule has 1 atom stereocenters. The van der Waals surface area contributed by atoms with Gasteiger partial charge in [-0.05, 0) is 49.4 Å². The predicted molar refractivity (Wildman–Crippen MR) is 73.3 cm³/mol. The van der Waals surface area contributed by atoms with E-state index in [1.165, 1.54) is 16.0 Å². The number of hydrogen-bond acceptors (Lipinski definition) is 3. The fourth-order valence-corrected chi connectivity index (χ4v) is 2.83. The summed E-state index contributed by atoms with van der Waals surface area (Å²) in [4.78, 5) is 5.81. The summed E-state index contributed by atoms with van der Waals surface area (Å²) < 4.78 is 0. The largest absolute Gasteiger partial charge is 0.304 e. The van der Waals surface area contributed by atoms with Crippen LogP contribution in [0, 0.1) is 13.8 Å². The molecule has 0 fully saturated rings. The van der Waals surface area contributed by atoms with Gasteiger partial charge in [0.1, 0.15) is 0 Å². The number of nitrogens with one attached hydrogen (secondary N) is 1. The molecular weight excluding hydrogens is 228 g/mol. The minimum atomic E-state index is 0.386. The van der Waals surface area contributed by atoms with E-state index in [0.717, 1.165) is 12.2 Å². The van der Waals surface area contributed by atoms with Crippen LogP contribution in [0.4, 0.5) is 0 Å². The minimum absolute atomic E-state index is 0.386. The van der Waals surface area contributed by atoms with Crippen LogP contribution in [0.1, 0.15) is 34.7 Å². The van der Waals surface area contributed by atoms with Gasteiger partial charge in [-0.2, -0.15) is 0 Å². The summed E-state index contributed by atoms with van der Waals surface area (Å²) in [7, 11) is 0. The Bertz CT molecular complexity index is 490. The highest BCUT2D eigenvalue weighted by Crippen LogP contribution is 2.23. The lowest BCUT2D eigenvalue weighted by Crippen LogP contribution is -2.19. The molecule has 3 heteroatoms. The highest BCUT2D eigenvalue weighted by atomic mass is 32.1. The average Bonchev–Trinajstić information content (AvgIpc) is 2.74. The highest BCUT2D eigenvalue weighted by molar-refractivity contribution is 7.10. The molecule has 2 nitrogen and oxygen atoms in total. The van der Waals surface area contributed by atoms with E-state index in [4.69, 9.17) is 0 Å². The van der Waals surface area contributed by atoms with E-state index in [-0.39, 0.29) is 0 Å². The van der Waals surface area contributed by atoms with Crippen molar-refractivity contribution < 1.29 is 0 Å². The monoisotopic (exact) mass is 246 g/mol. The van der Waals surface area contributed by atoms with E-state index in [2.05, 4.69) is 48.6 Å². The van der Waals surface area contributed by atoms with E-state index >= 15 is 0 Å². The van der Waals surface area contributed by atoms with E-state index in [9.17, 15) is 0 Å². The van der Waals surface area contributed by atoms with Crippen LogP contribution in [0.3, 0.4) is 0 Å². The summed E-state index contributed by atoms with van der Waals surface area (Å²) in [5.41, 5.74) is 3.75. The van der Waals surface area contributed by atoms with E-state index in [1.54, 1.807) is 0 Å². The van der Waals surface area contributed by atoms with Crippen LogP contribution in [-0.4, -0.2) is 4.98 Å². The lowest BCUT2D eigenvalue weighted by molar-refractivity contribution is 0.572. The van der Waals surface area contributed by atoms with Crippen molar-refractivity contribution in [2.24, 2.45) is 0 Å². The lowest BCUT2D eigenvalue weighted by atomic mass is 10.1. The molecule has 1 unspecified atom stereocenters. The Morgan fingerprint density at radius 1 is 1.29 bits per heavy atom. The maximum Gasteiger partial charge on any atom is 0.0570 e. The quantitative estimate of drug-likeness (QED) is 0.891. The van der Waals surface area contributed by atoms with Crippen LogP contribution in [-0.2, 0) is 6.54 Å². The standard InChI is InChI=1S/C14H18N2S/c1-10-5-4-7-15-13(10)9-16-12(3)14-11(2)6-8-17-14/h4-8,12,16H,9H2,1-3H3. The number of aryl methyl sites for hydroxylation is 2. The molecule has 17 heavy (non-hydrogen) atoms. The van der Waals surface area contributed by atoms with Gasteiger partial charge in [0.15, 0.2) is 0 Å². The molecule has 0 aliphatic carbocycles. The Balaban J connectivity index is 2.00. The fraction of sp³-hybridized carbons (Fsp3) is 0.357. The first-order chi connectivity index (χ1) is 8.18. The van der Waals surface area contributed by atoms with E-state index < -0.39 is 0 Å². The lowest BCUT2D eigenvalue weighted by Gasteiger charge is -2.14. The summed E-state index contributed by atoms with van der Waals surface area (Å²) in [6.07, 6.45) is 1.85. The molecule has 2 aromatic heterocycles.